The Morgan fingerprint density at radius 3 is 2.86 bits per heavy atom. The highest BCUT2D eigenvalue weighted by atomic mass is 32.1. The van der Waals surface area contributed by atoms with E-state index < -0.39 is 0 Å². The van der Waals surface area contributed by atoms with Gasteiger partial charge in [-0.25, -0.2) is 0 Å². The number of carbonyl (C=O) groups excluding carboxylic acids is 1. The van der Waals surface area contributed by atoms with Crippen LogP contribution in [-0.2, 0) is 0 Å². The van der Waals surface area contributed by atoms with Gasteiger partial charge in [-0.3, -0.25) is 4.79 Å². The molecular formula is C11H17NOS. The zero-order valence-corrected chi connectivity index (χ0v) is 9.56. The van der Waals surface area contributed by atoms with Gasteiger partial charge >= 0.3 is 0 Å². The Balaban J connectivity index is 2.43. The van der Waals surface area contributed by atoms with Crippen molar-refractivity contribution in [2.45, 2.75) is 26.7 Å². The van der Waals surface area contributed by atoms with Gasteiger partial charge in [0.2, 0.25) is 0 Å². The van der Waals surface area contributed by atoms with Crippen LogP contribution in [0.1, 0.15) is 35.0 Å². The largest absolute Gasteiger partial charge is 0.330 e. The SMILES string of the molecule is Cc1cc(C(=O)CCC(C)CN)cs1. The molecule has 0 spiro atoms. The number of nitrogens with two attached hydrogens (primary N) is 1. The normalized spacial score (nSPS) is 12.8. The van der Waals surface area contributed by atoms with Crippen LogP contribution in [0.4, 0.5) is 0 Å². The lowest BCUT2D eigenvalue weighted by Gasteiger charge is -2.05. The molecule has 3 heteroatoms. The van der Waals surface area contributed by atoms with Crippen LogP contribution in [0.15, 0.2) is 11.4 Å². The summed E-state index contributed by atoms with van der Waals surface area (Å²) in [5.74, 6) is 0.688. The maximum atomic E-state index is 11.6. The van der Waals surface area contributed by atoms with E-state index in [0.29, 0.717) is 18.9 Å². The van der Waals surface area contributed by atoms with E-state index in [4.69, 9.17) is 5.73 Å². The molecule has 0 radical (unpaired) electrons. The van der Waals surface area contributed by atoms with Crippen molar-refractivity contribution < 1.29 is 4.79 Å². The van der Waals surface area contributed by atoms with Crippen molar-refractivity contribution in [1.29, 1.82) is 0 Å². The van der Waals surface area contributed by atoms with E-state index in [1.165, 1.54) is 4.88 Å². The molecule has 14 heavy (non-hydrogen) atoms. The maximum absolute atomic E-state index is 11.6. The number of hydrogen-bond donors (Lipinski definition) is 1. The Kier molecular flexibility index (Phi) is 4.29. The van der Waals surface area contributed by atoms with Crippen molar-refractivity contribution in [2.24, 2.45) is 11.7 Å². The number of Topliss-reactive ketones (excluding diaryl/α,β-unsaturated/α-hetero) is 1. The molecule has 0 aliphatic carbocycles. The van der Waals surface area contributed by atoms with Gasteiger partial charge in [0.05, 0.1) is 0 Å². The van der Waals surface area contributed by atoms with Crippen molar-refractivity contribution in [3.63, 3.8) is 0 Å². The average molecular weight is 211 g/mol. The highest BCUT2D eigenvalue weighted by molar-refractivity contribution is 7.10. The highest BCUT2D eigenvalue weighted by Crippen LogP contribution is 2.16. The molecule has 0 saturated heterocycles. The molecule has 1 unspecified atom stereocenters. The summed E-state index contributed by atoms with van der Waals surface area (Å²) >= 11 is 1.63. The predicted molar refractivity (Wildman–Crippen MR) is 60.8 cm³/mol. The van der Waals surface area contributed by atoms with Crippen molar-refractivity contribution in [1.82, 2.24) is 0 Å². The lowest BCUT2D eigenvalue weighted by molar-refractivity contribution is 0.0975. The standard InChI is InChI=1S/C11H17NOS/c1-8(6-12)3-4-11(13)10-5-9(2)14-7-10/h5,7-8H,3-4,6,12H2,1-2H3. The number of carbonyl (C=O) groups is 1. The van der Waals surface area contributed by atoms with Crippen LogP contribution in [0.3, 0.4) is 0 Å². The first-order valence-corrected chi connectivity index (χ1v) is 5.80. The van der Waals surface area contributed by atoms with E-state index in [2.05, 4.69) is 6.92 Å². The predicted octanol–water partition coefficient (Wildman–Crippen LogP) is 2.61. The number of aryl methyl sites for hydroxylation is 1. The Hall–Kier alpha value is -0.670. The Bertz CT molecular complexity index is 306. The first-order valence-electron chi connectivity index (χ1n) is 4.92. The summed E-state index contributed by atoms with van der Waals surface area (Å²) in [6.45, 7) is 4.76. The number of thiophene rings is 1. The van der Waals surface area contributed by atoms with Crippen molar-refractivity contribution in [3.8, 4) is 0 Å². The second kappa shape index (κ2) is 5.27. The second-order valence-corrected chi connectivity index (χ2v) is 4.86. The van der Waals surface area contributed by atoms with E-state index in [9.17, 15) is 4.79 Å². The molecule has 0 amide bonds. The third-order valence-electron chi connectivity index (χ3n) is 2.32. The van der Waals surface area contributed by atoms with Gasteiger partial charge in [0.15, 0.2) is 5.78 Å². The summed E-state index contributed by atoms with van der Waals surface area (Å²) in [4.78, 5) is 12.8. The maximum Gasteiger partial charge on any atom is 0.163 e. The quantitative estimate of drug-likeness (QED) is 0.761. The fraction of sp³-hybridized carbons (Fsp3) is 0.545. The van der Waals surface area contributed by atoms with Gasteiger partial charge in [0.25, 0.3) is 0 Å². The molecule has 2 nitrogen and oxygen atoms in total. The zero-order valence-electron chi connectivity index (χ0n) is 8.75. The Morgan fingerprint density at radius 2 is 2.36 bits per heavy atom. The summed E-state index contributed by atoms with van der Waals surface area (Å²) in [6, 6.07) is 1.96. The smallest absolute Gasteiger partial charge is 0.163 e. The van der Waals surface area contributed by atoms with E-state index >= 15 is 0 Å². The van der Waals surface area contributed by atoms with E-state index in [1.807, 2.05) is 18.4 Å². The molecular weight excluding hydrogens is 194 g/mol. The van der Waals surface area contributed by atoms with Gasteiger partial charge in [-0.05, 0) is 31.9 Å². The molecule has 0 aromatic carbocycles. The fourth-order valence-electron chi connectivity index (χ4n) is 1.23. The van der Waals surface area contributed by atoms with Crippen molar-refractivity contribution in [3.05, 3.63) is 21.9 Å². The molecule has 0 aliphatic rings. The number of hydrogen-bond acceptors (Lipinski definition) is 3. The van der Waals surface area contributed by atoms with Gasteiger partial charge in [0, 0.05) is 22.2 Å². The summed E-state index contributed by atoms with van der Waals surface area (Å²) < 4.78 is 0. The van der Waals surface area contributed by atoms with E-state index in [1.54, 1.807) is 11.3 Å². The third kappa shape index (κ3) is 3.24. The van der Waals surface area contributed by atoms with Crippen LogP contribution in [0, 0.1) is 12.8 Å². The first kappa shape index (κ1) is 11.4. The highest BCUT2D eigenvalue weighted by Gasteiger charge is 2.09. The molecule has 0 fully saturated rings. The van der Waals surface area contributed by atoms with Gasteiger partial charge in [-0.2, -0.15) is 0 Å². The fourth-order valence-corrected chi connectivity index (χ4v) is 1.94. The van der Waals surface area contributed by atoms with Gasteiger partial charge < -0.3 is 5.73 Å². The second-order valence-electron chi connectivity index (χ2n) is 3.75. The minimum atomic E-state index is 0.245. The molecule has 78 valence electrons. The lowest BCUT2D eigenvalue weighted by atomic mass is 10.0. The minimum Gasteiger partial charge on any atom is -0.330 e. The average Bonchev–Trinajstić information content (AvgIpc) is 2.60. The van der Waals surface area contributed by atoms with Crippen LogP contribution >= 0.6 is 11.3 Å². The Labute approximate surface area is 89.1 Å². The molecule has 0 saturated carbocycles. The summed E-state index contributed by atoms with van der Waals surface area (Å²) in [5.41, 5.74) is 6.35. The van der Waals surface area contributed by atoms with E-state index in [0.717, 1.165) is 12.0 Å². The molecule has 1 aromatic rings. The third-order valence-corrected chi connectivity index (χ3v) is 3.18. The summed E-state index contributed by atoms with van der Waals surface area (Å²) in [7, 11) is 0. The molecule has 0 aliphatic heterocycles. The zero-order chi connectivity index (χ0) is 10.6. The van der Waals surface area contributed by atoms with Crippen molar-refractivity contribution >= 4 is 17.1 Å². The molecule has 1 atom stereocenters. The Morgan fingerprint density at radius 1 is 1.64 bits per heavy atom. The first-order chi connectivity index (χ1) is 6.63. The lowest BCUT2D eigenvalue weighted by Crippen LogP contribution is -2.12. The minimum absolute atomic E-state index is 0.245. The van der Waals surface area contributed by atoms with Crippen LogP contribution in [0.25, 0.3) is 0 Å². The van der Waals surface area contributed by atoms with Crippen LogP contribution in [-0.4, -0.2) is 12.3 Å². The number of ketones is 1. The van der Waals surface area contributed by atoms with Gasteiger partial charge in [-0.15, -0.1) is 11.3 Å². The number of rotatable bonds is 5. The summed E-state index contributed by atoms with van der Waals surface area (Å²) in [5, 5.41) is 1.94. The molecule has 1 aromatic heterocycles. The molecule has 0 bridgehead atoms. The van der Waals surface area contributed by atoms with Gasteiger partial charge in [0.1, 0.15) is 0 Å². The molecule has 2 N–H and O–H groups in total. The summed E-state index contributed by atoms with van der Waals surface area (Å²) in [6.07, 6.45) is 1.51. The monoisotopic (exact) mass is 211 g/mol. The van der Waals surface area contributed by atoms with E-state index in [-0.39, 0.29) is 5.78 Å². The molecule has 1 rings (SSSR count). The van der Waals surface area contributed by atoms with Crippen LogP contribution in [0.5, 0.6) is 0 Å². The molecule has 1 heterocycles. The van der Waals surface area contributed by atoms with Crippen molar-refractivity contribution in [2.75, 3.05) is 6.54 Å². The van der Waals surface area contributed by atoms with Crippen LogP contribution < -0.4 is 5.73 Å². The topological polar surface area (TPSA) is 43.1 Å². The van der Waals surface area contributed by atoms with Gasteiger partial charge in [-0.1, -0.05) is 6.92 Å². The van der Waals surface area contributed by atoms with Crippen LogP contribution in [0.2, 0.25) is 0 Å².